The molecule has 0 fully saturated rings. The van der Waals surface area contributed by atoms with Gasteiger partial charge in [-0.25, -0.2) is 8.78 Å². The lowest BCUT2D eigenvalue weighted by Crippen LogP contribution is -2.28. The Morgan fingerprint density at radius 3 is 1.68 bits per heavy atom. The molecule has 336 valence electrons. The number of fused-ring (bicyclic) bond motifs is 13. The van der Waals surface area contributed by atoms with Crippen LogP contribution in [0.15, 0.2) is 213 Å². The third-order valence-electron chi connectivity index (χ3n) is 14.8. The highest BCUT2D eigenvalue weighted by molar-refractivity contribution is 6.00. The molecule has 0 aromatic heterocycles. The van der Waals surface area contributed by atoms with Crippen molar-refractivity contribution in [3.8, 4) is 55.6 Å². The molecule has 0 bridgehead atoms. The lowest BCUT2D eigenvalue weighted by atomic mass is 9.68. The number of hydrogen-bond acceptors (Lipinski definition) is 1. The Kier molecular flexibility index (Phi) is 9.46. The number of halogens is 5. The van der Waals surface area contributed by atoms with Gasteiger partial charge in [0.1, 0.15) is 0 Å². The van der Waals surface area contributed by atoms with Crippen LogP contribution >= 0.6 is 0 Å². The Morgan fingerprint density at radius 1 is 0.435 bits per heavy atom. The zero-order chi connectivity index (χ0) is 47.5. The number of allylic oxidation sites excluding steroid dienone is 1. The Balaban J connectivity index is 1.12. The van der Waals surface area contributed by atoms with Crippen molar-refractivity contribution >= 4 is 17.1 Å². The minimum atomic E-state index is -4.66. The van der Waals surface area contributed by atoms with Crippen LogP contribution in [0.4, 0.5) is 39.0 Å². The molecule has 69 heavy (non-hydrogen) atoms. The standard InChI is InChI=1S/C63H44F5N/c1-4-34-61(64,65)41-28-31-50-51-32-29-42(63(66,67)68)37-57(51)62(56(50)36-41)54-26-12-9-22-48(54)52-24-15-23-46(59(52)62)40-18-14-19-43(35-40)69(58-27-13-10-20-45(58)39-16-6-5-7-17-39)44-30-33-49-47-21-8-11-25-53(47)60(2,3)55(49)38-44/h4-33,35-38H,1,34H2,2-3H3. The first-order valence-corrected chi connectivity index (χ1v) is 23.2. The summed E-state index contributed by atoms with van der Waals surface area (Å²) in [5, 5.41) is 0. The van der Waals surface area contributed by atoms with Crippen LogP contribution in [0.25, 0.3) is 55.6 Å². The van der Waals surface area contributed by atoms with Gasteiger partial charge in [0.25, 0.3) is 5.92 Å². The molecule has 0 heterocycles. The van der Waals surface area contributed by atoms with Crippen molar-refractivity contribution in [2.45, 2.75) is 43.2 Å². The Morgan fingerprint density at radius 2 is 0.957 bits per heavy atom. The first-order valence-electron chi connectivity index (χ1n) is 23.2. The van der Waals surface area contributed by atoms with Crippen molar-refractivity contribution < 1.29 is 22.0 Å². The number of para-hydroxylation sites is 1. The van der Waals surface area contributed by atoms with Crippen molar-refractivity contribution in [3.63, 3.8) is 0 Å². The molecular weight excluding hydrogens is 866 g/mol. The molecule has 1 atom stereocenters. The van der Waals surface area contributed by atoms with Gasteiger partial charge in [-0.05, 0) is 132 Å². The third kappa shape index (κ3) is 6.27. The van der Waals surface area contributed by atoms with Crippen molar-refractivity contribution in [1.29, 1.82) is 0 Å². The van der Waals surface area contributed by atoms with Gasteiger partial charge in [0.2, 0.25) is 0 Å². The van der Waals surface area contributed by atoms with Gasteiger partial charge < -0.3 is 4.90 Å². The maximum Gasteiger partial charge on any atom is 0.416 e. The summed E-state index contributed by atoms with van der Waals surface area (Å²) < 4.78 is 76.9. The van der Waals surface area contributed by atoms with Crippen molar-refractivity contribution in [3.05, 3.63) is 257 Å². The molecule has 0 radical (unpaired) electrons. The summed E-state index contributed by atoms with van der Waals surface area (Å²) in [5.41, 5.74) is 14.0. The van der Waals surface area contributed by atoms with Gasteiger partial charge in [0.15, 0.2) is 0 Å². The molecule has 3 aliphatic rings. The summed E-state index contributed by atoms with van der Waals surface area (Å²) in [6, 6.07) is 64.5. The highest BCUT2D eigenvalue weighted by Crippen LogP contribution is 2.65. The largest absolute Gasteiger partial charge is 0.416 e. The van der Waals surface area contributed by atoms with Crippen molar-refractivity contribution in [2.24, 2.45) is 0 Å². The summed E-state index contributed by atoms with van der Waals surface area (Å²) in [6.07, 6.45) is -4.05. The van der Waals surface area contributed by atoms with Crippen LogP contribution in [-0.2, 0) is 22.9 Å². The number of alkyl halides is 5. The van der Waals surface area contributed by atoms with E-state index in [0.717, 1.165) is 67.6 Å². The van der Waals surface area contributed by atoms with E-state index in [-0.39, 0.29) is 11.0 Å². The summed E-state index contributed by atoms with van der Waals surface area (Å²) in [7, 11) is 0. The first-order chi connectivity index (χ1) is 33.3. The molecule has 1 unspecified atom stereocenters. The van der Waals surface area contributed by atoms with E-state index in [4.69, 9.17) is 0 Å². The van der Waals surface area contributed by atoms with Gasteiger partial charge >= 0.3 is 6.18 Å². The van der Waals surface area contributed by atoms with Gasteiger partial charge in [-0.15, -0.1) is 6.58 Å². The molecule has 12 rings (SSSR count). The van der Waals surface area contributed by atoms with Gasteiger partial charge in [0.05, 0.1) is 16.7 Å². The van der Waals surface area contributed by atoms with E-state index in [0.29, 0.717) is 22.3 Å². The smallest absolute Gasteiger partial charge is 0.310 e. The monoisotopic (exact) mass is 909 g/mol. The van der Waals surface area contributed by atoms with E-state index in [1.807, 2.05) is 84.9 Å². The second-order valence-corrected chi connectivity index (χ2v) is 18.9. The van der Waals surface area contributed by atoms with Crippen LogP contribution in [-0.4, -0.2) is 0 Å². The number of benzene rings is 9. The summed E-state index contributed by atoms with van der Waals surface area (Å²) >= 11 is 0. The van der Waals surface area contributed by atoms with Crippen molar-refractivity contribution in [2.75, 3.05) is 4.90 Å². The second kappa shape index (κ2) is 15.3. The van der Waals surface area contributed by atoms with Gasteiger partial charge in [-0.2, -0.15) is 13.2 Å². The van der Waals surface area contributed by atoms with E-state index >= 15 is 8.78 Å². The molecule has 6 heteroatoms. The van der Waals surface area contributed by atoms with E-state index in [1.54, 1.807) is 6.07 Å². The van der Waals surface area contributed by atoms with Crippen LogP contribution in [0.5, 0.6) is 0 Å². The fraction of sp³-hybridized carbons (Fsp3) is 0.111. The number of hydrogen-bond donors (Lipinski definition) is 0. The van der Waals surface area contributed by atoms with E-state index in [1.165, 1.54) is 52.6 Å². The summed E-state index contributed by atoms with van der Waals surface area (Å²) in [6.45, 7) is 8.15. The summed E-state index contributed by atoms with van der Waals surface area (Å²) in [4.78, 5) is 2.29. The third-order valence-corrected chi connectivity index (χ3v) is 14.8. The van der Waals surface area contributed by atoms with Crippen LogP contribution in [0.3, 0.4) is 0 Å². The van der Waals surface area contributed by atoms with Crippen LogP contribution in [0.2, 0.25) is 0 Å². The molecule has 0 amide bonds. The number of nitrogens with zero attached hydrogens (tertiary/aromatic N) is 1. The van der Waals surface area contributed by atoms with Crippen LogP contribution in [0, 0.1) is 0 Å². The fourth-order valence-electron chi connectivity index (χ4n) is 11.8. The Bertz CT molecular complexity index is 3570. The Hall–Kier alpha value is -7.83. The fourth-order valence-corrected chi connectivity index (χ4v) is 11.8. The van der Waals surface area contributed by atoms with Gasteiger partial charge in [-0.1, -0.05) is 172 Å². The molecule has 1 spiro atoms. The normalized spacial score (nSPS) is 15.8. The lowest BCUT2D eigenvalue weighted by Gasteiger charge is -2.33. The lowest BCUT2D eigenvalue weighted by molar-refractivity contribution is -0.137. The van der Waals surface area contributed by atoms with Crippen molar-refractivity contribution in [1.82, 2.24) is 0 Å². The molecule has 1 nitrogen and oxygen atoms in total. The molecule has 0 N–H and O–H groups in total. The second-order valence-electron chi connectivity index (χ2n) is 18.9. The van der Waals surface area contributed by atoms with Crippen LogP contribution < -0.4 is 4.90 Å². The zero-order valence-corrected chi connectivity index (χ0v) is 37.9. The first kappa shape index (κ1) is 42.5. The van der Waals surface area contributed by atoms with Crippen LogP contribution in [0.1, 0.15) is 64.8 Å². The molecule has 9 aromatic carbocycles. The average molecular weight is 910 g/mol. The van der Waals surface area contributed by atoms with Gasteiger partial charge in [-0.3, -0.25) is 0 Å². The predicted molar refractivity (Wildman–Crippen MR) is 270 cm³/mol. The minimum absolute atomic E-state index is 0.219. The summed E-state index contributed by atoms with van der Waals surface area (Å²) in [5.74, 6) is -3.27. The average Bonchev–Trinajstić information content (AvgIpc) is 3.92. The number of rotatable bonds is 8. The van der Waals surface area contributed by atoms with E-state index in [2.05, 4.69) is 104 Å². The van der Waals surface area contributed by atoms with E-state index < -0.39 is 29.5 Å². The number of anilines is 3. The Labute approximate surface area is 398 Å². The molecular formula is C63H44F5N. The SMILES string of the molecule is C=CCC(F)(F)c1ccc2c(c1)C1(c3cc(C(F)(F)F)ccc3-2)c2ccccc2-c2cccc(-c3cccc(N(c4ccc5c(c4)C(C)(C)c4ccccc4-5)c4ccccc4-c4ccccc4)c3)c21. The van der Waals surface area contributed by atoms with Gasteiger partial charge in [0, 0.05) is 34.3 Å². The topological polar surface area (TPSA) is 3.24 Å². The molecule has 0 aliphatic heterocycles. The molecule has 9 aromatic rings. The maximum absolute atomic E-state index is 16.1. The molecule has 0 saturated carbocycles. The quantitative estimate of drug-likeness (QED) is 0.108. The predicted octanol–water partition coefficient (Wildman–Crippen LogP) is 17.8. The highest BCUT2D eigenvalue weighted by Gasteiger charge is 2.54. The highest BCUT2D eigenvalue weighted by atomic mass is 19.4. The zero-order valence-electron chi connectivity index (χ0n) is 37.9. The molecule has 0 saturated heterocycles. The molecule has 3 aliphatic carbocycles. The maximum atomic E-state index is 16.1. The van der Waals surface area contributed by atoms with E-state index in [9.17, 15) is 13.2 Å². The minimum Gasteiger partial charge on any atom is -0.310 e.